The Labute approximate surface area is 215 Å². The van der Waals surface area contributed by atoms with Gasteiger partial charge in [-0.05, 0) is 55.3 Å². The first-order valence-corrected chi connectivity index (χ1v) is 13.3. The van der Waals surface area contributed by atoms with Crippen molar-refractivity contribution in [3.8, 4) is 22.6 Å². The molecular weight excluding hydrogens is 462 g/mol. The molecule has 4 aromatic heterocycles. The van der Waals surface area contributed by atoms with Gasteiger partial charge in [0.05, 0.1) is 29.1 Å². The maximum absolute atomic E-state index is 5.00. The number of hydrogen-bond acceptors (Lipinski definition) is 7. The summed E-state index contributed by atoms with van der Waals surface area (Å²) in [6.07, 6.45) is 11.6. The Morgan fingerprint density at radius 2 is 1.68 bits per heavy atom. The first-order valence-electron chi connectivity index (χ1n) is 13.3. The number of piperazine rings is 1. The highest BCUT2D eigenvalue weighted by Crippen LogP contribution is 2.32. The summed E-state index contributed by atoms with van der Waals surface area (Å²) in [6.45, 7) is 7.15. The molecule has 2 aliphatic rings. The lowest BCUT2D eigenvalue weighted by molar-refractivity contribution is 0.220. The number of aromatic amines is 2. The molecule has 3 N–H and O–H groups in total. The number of H-pyrrole nitrogens is 2. The SMILES string of the molecule is c1ncc(-c2ccc3[nH]nc(-c4nc5c(N6CCNCC6)cncc5[nH]4)c3c2)cc1CN1CCCCC1. The van der Waals surface area contributed by atoms with Gasteiger partial charge in [0.2, 0.25) is 0 Å². The van der Waals surface area contributed by atoms with Crippen LogP contribution in [0.15, 0.2) is 49.1 Å². The van der Waals surface area contributed by atoms with Crippen LogP contribution in [0.25, 0.3) is 44.6 Å². The highest BCUT2D eigenvalue weighted by Gasteiger charge is 2.19. The van der Waals surface area contributed by atoms with Crippen molar-refractivity contribution >= 4 is 27.6 Å². The Balaban J connectivity index is 1.23. The van der Waals surface area contributed by atoms with Gasteiger partial charge < -0.3 is 15.2 Å². The second-order valence-electron chi connectivity index (χ2n) is 10.1. The molecule has 0 amide bonds. The minimum Gasteiger partial charge on any atom is -0.366 e. The van der Waals surface area contributed by atoms with E-state index in [0.717, 1.165) is 83.0 Å². The fraction of sp³-hybridized carbons (Fsp3) is 0.357. The van der Waals surface area contributed by atoms with Crippen LogP contribution >= 0.6 is 0 Å². The van der Waals surface area contributed by atoms with Crippen molar-refractivity contribution in [2.24, 2.45) is 0 Å². The third-order valence-electron chi connectivity index (χ3n) is 7.60. The molecule has 0 unspecified atom stereocenters. The number of likely N-dealkylation sites (tertiary alicyclic amines) is 1. The Morgan fingerprint density at radius 1 is 0.811 bits per heavy atom. The van der Waals surface area contributed by atoms with Gasteiger partial charge in [0, 0.05) is 56.1 Å². The van der Waals surface area contributed by atoms with Crippen molar-refractivity contribution in [1.82, 2.24) is 40.3 Å². The maximum atomic E-state index is 5.00. The number of fused-ring (bicyclic) bond motifs is 2. The van der Waals surface area contributed by atoms with Crippen LogP contribution in [0.4, 0.5) is 5.69 Å². The number of benzene rings is 1. The minimum absolute atomic E-state index is 0.750. The Bertz CT molecular complexity index is 1540. The molecular formula is C28H31N9. The predicted octanol–water partition coefficient (Wildman–Crippen LogP) is 3.96. The predicted molar refractivity (Wildman–Crippen MR) is 146 cm³/mol. The van der Waals surface area contributed by atoms with Gasteiger partial charge in [-0.2, -0.15) is 5.10 Å². The number of hydrogen-bond donors (Lipinski definition) is 3. The first-order chi connectivity index (χ1) is 18.3. The molecule has 37 heavy (non-hydrogen) atoms. The molecule has 188 valence electrons. The van der Waals surface area contributed by atoms with E-state index in [9.17, 15) is 0 Å². The number of nitrogens with one attached hydrogen (secondary N) is 3. The number of piperidine rings is 1. The number of imidazole rings is 1. The number of rotatable bonds is 5. The van der Waals surface area contributed by atoms with Crippen LogP contribution in [0.2, 0.25) is 0 Å². The Morgan fingerprint density at radius 3 is 2.57 bits per heavy atom. The van der Waals surface area contributed by atoms with Gasteiger partial charge in [-0.25, -0.2) is 4.98 Å². The zero-order chi connectivity index (χ0) is 24.6. The lowest BCUT2D eigenvalue weighted by atomic mass is 10.0. The monoisotopic (exact) mass is 493 g/mol. The number of aromatic nitrogens is 6. The van der Waals surface area contributed by atoms with Gasteiger partial charge >= 0.3 is 0 Å². The van der Waals surface area contributed by atoms with Crippen molar-refractivity contribution in [3.63, 3.8) is 0 Å². The van der Waals surface area contributed by atoms with E-state index >= 15 is 0 Å². The van der Waals surface area contributed by atoms with E-state index in [0.29, 0.717) is 0 Å². The van der Waals surface area contributed by atoms with Crippen molar-refractivity contribution in [2.75, 3.05) is 44.2 Å². The van der Waals surface area contributed by atoms with Crippen LogP contribution in [0.5, 0.6) is 0 Å². The molecule has 2 fully saturated rings. The average molecular weight is 494 g/mol. The molecule has 9 nitrogen and oxygen atoms in total. The highest BCUT2D eigenvalue weighted by molar-refractivity contribution is 5.97. The number of pyridine rings is 2. The fourth-order valence-corrected chi connectivity index (χ4v) is 5.65. The van der Waals surface area contributed by atoms with E-state index < -0.39 is 0 Å². The van der Waals surface area contributed by atoms with Gasteiger partial charge in [-0.3, -0.25) is 20.0 Å². The lowest BCUT2D eigenvalue weighted by Gasteiger charge is -2.29. The molecule has 0 aliphatic carbocycles. The van der Waals surface area contributed by atoms with Crippen molar-refractivity contribution in [2.45, 2.75) is 25.8 Å². The first kappa shape index (κ1) is 22.4. The molecule has 0 bridgehead atoms. The summed E-state index contributed by atoms with van der Waals surface area (Å²) in [7, 11) is 0. The van der Waals surface area contributed by atoms with Crippen LogP contribution < -0.4 is 10.2 Å². The van der Waals surface area contributed by atoms with E-state index in [1.165, 1.54) is 37.9 Å². The Kier molecular flexibility index (Phi) is 5.79. The summed E-state index contributed by atoms with van der Waals surface area (Å²) < 4.78 is 0. The van der Waals surface area contributed by atoms with Gasteiger partial charge in [0.25, 0.3) is 0 Å². The van der Waals surface area contributed by atoms with Crippen LogP contribution in [0, 0.1) is 0 Å². The second kappa shape index (κ2) is 9.57. The molecule has 0 radical (unpaired) electrons. The zero-order valence-corrected chi connectivity index (χ0v) is 20.9. The van der Waals surface area contributed by atoms with Gasteiger partial charge in [0.15, 0.2) is 5.82 Å². The van der Waals surface area contributed by atoms with Crippen LogP contribution in [-0.2, 0) is 6.54 Å². The van der Waals surface area contributed by atoms with E-state index in [2.05, 4.69) is 64.5 Å². The smallest absolute Gasteiger partial charge is 0.159 e. The summed E-state index contributed by atoms with van der Waals surface area (Å²) >= 11 is 0. The highest BCUT2D eigenvalue weighted by atomic mass is 15.2. The molecule has 0 atom stereocenters. The zero-order valence-electron chi connectivity index (χ0n) is 20.9. The van der Waals surface area contributed by atoms with E-state index in [4.69, 9.17) is 4.98 Å². The molecule has 9 heteroatoms. The van der Waals surface area contributed by atoms with Crippen LogP contribution in [0.3, 0.4) is 0 Å². The minimum atomic E-state index is 0.750. The van der Waals surface area contributed by atoms with Crippen LogP contribution in [0.1, 0.15) is 24.8 Å². The van der Waals surface area contributed by atoms with Crippen molar-refractivity contribution in [3.05, 3.63) is 54.6 Å². The quantitative estimate of drug-likeness (QED) is 0.341. The fourth-order valence-electron chi connectivity index (χ4n) is 5.65. The summed E-state index contributed by atoms with van der Waals surface area (Å²) in [5, 5.41) is 12.3. The maximum Gasteiger partial charge on any atom is 0.159 e. The third-order valence-corrected chi connectivity index (χ3v) is 7.60. The number of nitrogens with zero attached hydrogens (tertiary/aromatic N) is 6. The summed E-state index contributed by atoms with van der Waals surface area (Å²) in [6, 6.07) is 8.69. The molecule has 2 aliphatic heterocycles. The normalized spacial score (nSPS) is 17.1. The second-order valence-corrected chi connectivity index (χ2v) is 10.1. The standard InChI is InChI=1S/C28H31N9/c1-2-8-36(9-3-1)18-19-12-21(15-30-14-19)20-4-5-23-22(13-20)26(35-34-23)28-32-24-16-31-17-25(27(24)33-28)37-10-6-29-7-11-37/h4-5,12-17,29H,1-3,6-11,18H2,(H,32,33)(H,34,35). The largest absolute Gasteiger partial charge is 0.366 e. The molecule has 0 spiro atoms. The number of anilines is 1. The molecule has 0 saturated carbocycles. The summed E-state index contributed by atoms with van der Waals surface area (Å²) in [4.78, 5) is 22.4. The third kappa shape index (κ3) is 4.34. The molecule has 6 heterocycles. The lowest BCUT2D eigenvalue weighted by Crippen LogP contribution is -2.43. The van der Waals surface area contributed by atoms with Crippen molar-refractivity contribution < 1.29 is 0 Å². The van der Waals surface area contributed by atoms with E-state index in [1.807, 2.05) is 24.8 Å². The topological polar surface area (TPSA) is 102 Å². The van der Waals surface area contributed by atoms with E-state index in [-0.39, 0.29) is 0 Å². The molecule has 7 rings (SSSR count). The Hall–Kier alpha value is -3.82. The van der Waals surface area contributed by atoms with Crippen LogP contribution in [-0.4, -0.2) is 74.3 Å². The summed E-state index contributed by atoms with van der Waals surface area (Å²) in [5.41, 5.74) is 8.24. The van der Waals surface area contributed by atoms with Gasteiger partial charge in [0.1, 0.15) is 11.2 Å². The van der Waals surface area contributed by atoms with Gasteiger partial charge in [-0.15, -0.1) is 0 Å². The molecule has 5 aromatic rings. The molecule has 2 saturated heterocycles. The van der Waals surface area contributed by atoms with E-state index in [1.54, 1.807) is 0 Å². The van der Waals surface area contributed by atoms with Gasteiger partial charge in [-0.1, -0.05) is 12.5 Å². The summed E-state index contributed by atoms with van der Waals surface area (Å²) in [5.74, 6) is 0.750. The molecule has 1 aromatic carbocycles. The average Bonchev–Trinajstić information content (AvgIpc) is 3.58. The van der Waals surface area contributed by atoms with Crippen molar-refractivity contribution in [1.29, 1.82) is 0 Å².